The first-order valence-corrected chi connectivity index (χ1v) is 12.2. The van der Waals surface area contributed by atoms with E-state index in [1.807, 2.05) is 13.0 Å². The van der Waals surface area contributed by atoms with Gasteiger partial charge in [0.05, 0.1) is 34.9 Å². The highest BCUT2D eigenvalue weighted by Gasteiger charge is 2.31. The number of nitrogens with zero attached hydrogens (tertiary/aromatic N) is 2. The lowest BCUT2D eigenvalue weighted by atomic mass is 9.79. The van der Waals surface area contributed by atoms with Gasteiger partial charge in [-0.15, -0.1) is 0 Å². The molecule has 1 aliphatic carbocycles. The lowest BCUT2D eigenvalue weighted by Gasteiger charge is -2.27. The second kappa shape index (κ2) is 8.83. The van der Waals surface area contributed by atoms with Gasteiger partial charge in [0.15, 0.2) is 0 Å². The van der Waals surface area contributed by atoms with Crippen LogP contribution < -0.4 is 5.14 Å². The Morgan fingerprint density at radius 2 is 1.94 bits per heavy atom. The Kier molecular flexibility index (Phi) is 6.24. The van der Waals surface area contributed by atoms with Crippen LogP contribution in [0, 0.1) is 30.4 Å². The third-order valence-corrected chi connectivity index (χ3v) is 7.15. The van der Waals surface area contributed by atoms with Gasteiger partial charge in [-0.1, -0.05) is 12.8 Å². The summed E-state index contributed by atoms with van der Waals surface area (Å²) in [5, 5.41) is 5.05. The molecule has 2 atom stereocenters. The monoisotopic (exact) mass is 477 g/mol. The number of halogens is 2. The zero-order valence-corrected chi connectivity index (χ0v) is 19.2. The molecule has 10 heteroatoms. The molecule has 1 aromatic carbocycles. The summed E-state index contributed by atoms with van der Waals surface area (Å²) in [4.78, 5) is 15.9. The van der Waals surface area contributed by atoms with E-state index in [1.54, 1.807) is 16.7 Å². The van der Waals surface area contributed by atoms with Gasteiger partial charge in [0.2, 0.25) is 10.0 Å². The van der Waals surface area contributed by atoms with Gasteiger partial charge in [-0.25, -0.2) is 27.3 Å². The molecule has 2 aromatic heterocycles. The van der Waals surface area contributed by atoms with Crippen molar-refractivity contribution in [2.75, 3.05) is 7.11 Å². The molecule has 2 heterocycles. The standard InChI is InChI=1S/C23H25F2N3O4S/c1-13-6-7-28-19(10-14-4-3-5-15(9-14)23(29)32-2)22(27-20(28)8-13)21-17(24)11-16(12-18(21)25)33(26,30)31/h6-8,11-12,14-15H,3-5,9-10H2,1-2H3,(H2,26,30,31)/t14-,15?/m1/s1. The third-order valence-electron chi connectivity index (χ3n) is 6.26. The number of fused-ring (bicyclic) bond motifs is 1. The number of sulfonamides is 1. The van der Waals surface area contributed by atoms with Gasteiger partial charge >= 0.3 is 5.97 Å². The predicted octanol–water partition coefficient (Wildman–Crippen LogP) is 3.76. The van der Waals surface area contributed by atoms with Crippen molar-refractivity contribution in [2.24, 2.45) is 17.0 Å². The maximum atomic E-state index is 15.0. The molecule has 0 aliphatic heterocycles. The van der Waals surface area contributed by atoms with Crippen molar-refractivity contribution in [2.45, 2.75) is 43.9 Å². The summed E-state index contributed by atoms with van der Waals surface area (Å²) in [7, 11) is -2.91. The molecule has 4 rings (SSSR count). The first-order valence-electron chi connectivity index (χ1n) is 10.7. The summed E-state index contributed by atoms with van der Waals surface area (Å²) in [6.07, 6.45) is 5.32. The summed E-state index contributed by atoms with van der Waals surface area (Å²) in [6, 6.07) is 5.10. The SMILES string of the molecule is COC(=O)C1CCC[C@@H](Cc2c(-c3c(F)cc(S(N)(=O)=O)cc3F)nc3cc(C)ccn23)C1. The van der Waals surface area contributed by atoms with Gasteiger partial charge in [0, 0.05) is 6.20 Å². The number of esters is 1. The fourth-order valence-corrected chi connectivity index (χ4v) is 5.20. The fraction of sp³-hybridized carbons (Fsp3) is 0.391. The largest absolute Gasteiger partial charge is 0.469 e. The van der Waals surface area contributed by atoms with Crippen LogP contribution in [-0.4, -0.2) is 30.9 Å². The van der Waals surface area contributed by atoms with Crippen LogP contribution in [0.15, 0.2) is 35.4 Å². The van der Waals surface area contributed by atoms with Gasteiger partial charge in [0.25, 0.3) is 0 Å². The molecular formula is C23H25F2N3O4S. The van der Waals surface area contributed by atoms with Gasteiger partial charge in [-0.3, -0.25) is 4.79 Å². The summed E-state index contributed by atoms with van der Waals surface area (Å²) in [6.45, 7) is 1.89. The van der Waals surface area contributed by atoms with Crippen LogP contribution in [0.4, 0.5) is 8.78 Å². The van der Waals surface area contributed by atoms with Crippen molar-refractivity contribution < 1.29 is 26.7 Å². The van der Waals surface area contributed by atoms with Crippen molar-refractivity contribution in [1.82, 2.24) is 9.38 Å². The number of ether oxygens (including phenoxy) is 1. The zero-order valence-electron chi connectivity index (χ0n) is 18.3. The molecule has 3 aromatic rings. The van der Waals surface area contributed by atoms with E-state index in [4.69, 9.17) is 9.88 Å². The number of methoxy groups -OCH3 is 1. The molecule has 176 valence electrons. The third kappa shape index (κ3) is 4.63. The van der Waals surface area contributed by atoms with Crippen molar-refractivity contribution in [3.63, 3.8) is 0 Å². The Morgan fingerprint density at radius 3 is 2.58 bits per heavy atom. The first kappa shape index (κ1) is 23.3. The quantitative estimate of drug-likeness (QED) is 0.564. The normalized spacial score (nSPS) is 19.1. The number of aryl methyl sites for hydroxylation is 1. The molecule has 7 nitrogen and oxygen atoms in total. The molecule has 2 N–H and O–H groups in total. The van der Waals surface area contributed by atoms with E-state index in [1.165, 1.54) is 7.11 Å². The van der Waals surface area contributed by atoms with Crippen LogP contribution >= 0.6 is 0 Å². The van der Waals surface area contributed by atoms with Crippen LogP contribution in [-0.2, 0) is 26.0 Å². The number of carbonyl (C=O) groups is 1. The topological polar surface area (TPSA) is 104 Å². The second-order valence-electron chi connectivity index (χ2n) is 8.60. The highest BCUT2D eigenvalue weighted by molar-refractivity contribution is 7.89. The number of imidazole rings is 1. The van der Waals surface area contributed by atoms with Gasteiger partial charge in [-0.2, -0.15) is 0 Å². The van der Waals surface area contributed by atoms with Crippen molar-refractivity contribution in [1.29, 1.82) is 0 Å². The first-order chi connectivity index (χ1) is 15.6. The predicted molar refractivity (Wildman–Crippen MR) is 118 cm³/mol. The summed E-state index contributed by atoms with van der Waals surface area (Å²) in [5.41, 5.74) is 1.76. The molecule has 0 radical (unpaired) electrons. The maximum Gasteiger partial charge on any atom is 0.308 e. The smallest absolute Gasteiger partial charge is 0.308 e. The van der Waals surface area contributed by atoms with Crippen molar-refractivity contribution in [3.05, 3.63) is 53.4 Å². The summed E-state index contributed by atoms with van der Waals surface area (Å²) < 4.78 is 59.9. The number of nitrogens with two attached hydrogens (primary N) is 1. The van der Waals surface area contributed by atoms with E-state index >= 15 is 8.78 Å². The van der Waals surface area contributed by atoms with Crippen LogP contribution in [0.2, 0.25) is 0 Å². The molecule has 0 amide bonds. The second-order valence-corrected chi connectivity index (χ2v) is 10.2. The van der Waals surface area contributed by atoms with Crippen LogP contribution in [0.5, 0.6) is 0 Å². The van der Waals surface area contributed by atoms with E-state index < -0.39 is 32.1 Å². The average Bonchev–Trinajstić information content (AvgIpc) is 3.09. The zero-order chi connectivity index (χ0) is 23.9. The Labute approximate surface area is 190 Å². The number of carbonyl (C=O) groups excluding carboxylic acids is 1. The number of hydrogen-bond donors (Lipinski definition) is 1. The van der Waals surface area contributed by atoms with E-state index in [9.17, 15) is 13.2 Å². The minimum Gasteiger partial charge on any atom is -0.469 e. The van der Waals surface area contributed by atoms with Crippen LogP contribution in [0.25, 0.3) is 16.9 Å². The molecule has 1 fully saturated rings. The lowest BCUT2D eigenvalue weighted by molar-refractivity contribution is -0.147. The van der Waals surface area contributed by atoms with Crippen LogP contribution in [0.3, 0.4) is 0 Å². The van der Waals surface area contributed by atoms with Crippen molar-refractivity contribution >= 4 is 21.6 Å². The number of pyridine rings is 1. The van der Waals surface area contributed by atoms with Crippen LogP contribution in [0.1, 0.15) is 36.9 Å². The Bertz CT molecular complexity index is 1310. The number of rotatable bonds is 5. The molecule has 1 aliphatic rings. The Balaban J connectivity index is 1.82. The fourth-order valence-electron chi connectivity index (χ4n) is 4.66. The Morgan fingerprint density at radius 1 is 1.24 bits per heavy atom. The van der Waals surface area contributed by atoms with E-state index in [0.717, 1.165) is 24.8 Å². The van der Waals surface area contributed by atoms with Gasteiger partial charge in [0.1, 0.15) is 17.3 Å². The molecule has 0 spiro atoms. The molecule has 1 saturated carbocycles. The highest BCUT2D eigenvalue weighted by Crippen LogP contribution is 2.37. The molecular weight excluding hydrogens is 452 g/mol. The molecule has 33 heavy (non-hydrogen) atoms. The van der Waals surface area contributed by atoms with E-state index in [-0.39, 0.29) is 23.5 Å². The number of benzene rings is 1. The number of aromatic nitrogens is 2. The van der Waals surface area contributed by atoms with Gasteiger partial charge < -0.3 is 9.14 Å². The van der Waals surface area contributed by atoms with E-state index in [0.29, 0.717) is 36.3 Å². The summed E-state index contributed by atoms with van der Waals surface area (Å²) in [5.74, 6) is -2.48. The minimum atomic E-state index is -4.28. The molecule has 0 saturated heterocycles. The molecule has 1 unspecified atom stereocenters. The number of primary sulfonamides is 1. The van der Waals surface area contributed by atoms with Crippen molar-refractivity contribution in [3.8, 4) is 11.3 Å². The minimum absolute atomic E-state index is 0.0950. The Hall–Kier alpha value is -2.85. The number of hydrogen-bond acceptors (Lipinski definition) is 5. The average molecular weight is 478 g/mol. The summed E-state index contributed by atoms with van der Waals surface area (Å²) >= 11 is 0. The van der Waals surface area contributed by atoms with E-state index in [2.05, 4.69) is 4.98 Å². The maximum absolute atomic E-state index is 15.0. The highest BCUT2D eigenvalue weighted by atomic mass is 32.2. The molecule has 0 bridgehead atoms. The lowest BCUT2D eigenvalue weighted by Crippen LogP contribution is -2.25. The van der Waals surface area contributed by atoms with Gasteiger partial charge in [-0.05, 0) is 61.9 Å².